The van der Waals surface area contributed by atoms with Crippen molar-refractivity contribution in [3.05, 3.63) is 95.1 Å². The number of anilines is 6. The molecule has 186 valence electrons. The van der Waals surface area contributed by atoms with E-state index in [-0.39, 0.29) is 12.5 Å². The summed E-state index contributed by atoms with van der Waals surface area (Å²) in [5.74, 6) is 0.555. The standard InChI is InChI=1S/C27H24ClN7O2/c28-22-15-29-26-32-20-8-4-5-17(13-20)9-10-18-14-21(31-25(22)35-26)11-12-23(18)34-24(36)16-30-27(37)33-19-6-2-1-3-7-19/h1-8,11-15H,9-10,16H2,(H,34,36)(H2,30,33,37)(H2,29,31,32,35). The maximum absolute atomic E-state index is 12.7. The van der Waals surface area contributed by atoms with Crippen LogP contribution in [0.2, 0.25) is 5.02 Å². The predicted molar refractivity (Wildman–Crippen MR) is 146 cm³/mol. The molecule has 5 rings (SSSR count). The molecule has 0 unspecified atom stereocenters. The summed E-state index contributed by atoms with van der Waals surface area (Å²) in [4.78, 5) is 33.6. The Morgan fingerprint density at radius 3 is 2.59 bits per heavy atom. The van der Waals surface area contributed by atoms with Crippen LogP contribution in [0, 0.1) is 0 Å². The highest BCUT2D eigenvalue weighted by molar-refractivity contribution is 6.32. The van der Waals surface area contributed by atoms with E-state index in [1.54, 1.807) is 18.3 Å². The topological polar surface area (TPSA) is 120 Å². The number of carbonyl (C=O) groups excluding carboxylic acids is 2. The molecule has 0 saturated carbocycles. The molecule has 1 aliphatic heterocycles. The number of nitrogens with one attached hydrogen (secondary N) is 5. The van der Waals surface area contributed by atoms with Crippen LogP contribution in [0.15, 0.2) is 79.0 Å². The quantitative estimate of drug-likeness (QED) is 0.246. The number of nitrogens with zero attached hydrogens (tertiary/aromatic N) is 2. The van der Waals surface area contributed by atoms with Gasteiger partial charge in [0.05, 0.1) is 12.7 Å². The van der Waals surface area contributed by atoms with Crippen LogP contribution >= 0.6 is 11.6 Å². The normalized spacial score (nSPS) is 11.9. The lowest BCUT2D eigenvalue weighted by Crippen LogP contribution is -2.35. The van der Waals surface area contributed by atoms with E-state index < -0.39 is 6.03 Å². The van der Waals surface area contributed by atoms with Gasteiger partial charge in [0.15, 0.2) is 5.82 Å². The van der Waals surface area contributed by atoms with Crippen LogP contribution in [0.4, 0.5) is 39.3 Å². The number of aromatic nitrogens is 2. The van der Waals surface area contributed by atoms with Crippen molar-refractivity contribution in [2.24, 2.45) is 0 Å². The molecule has 0 fully saturated rings. The summed E-state index contributed by atoms with van der Waals surface area (Å²) in [6.45, 7) is -0.175. The minimum absolute atomic E-state index is 0.175. The Morgan fingerprint density at radius 2 is 1.73 bits per heavy atom. The fourth-order valence-electron chi connectivity index (χ4n) is 3.92. The molecule has 3 amide bonds. The zero-order chi connectivity index (χ0) is 25.6. The summed E-state index contributed by atoms with van der Waals surface area (Å²) in [7, 11) is 0. The molecule has 9 nitrogen and oxygen atoms in total. The summed E-state index contributed by atoms with van der Waals surface area (Å²) in [5, 5.41) is 15.0. The van der Waals surface area contributed by atoms with Crippen molar-refractivity contribution in [3.63, 3.8) is 0 Å². The molecule has 0 radical (unpaired) electrons. The summed E-state index contributed by atoms with van der Waals surface area (Å²) >= 11 is 6.33. The van der Waals surface area contributed by atoms with Crippen molar-refractivity contribution in [2.75, 3.05) is 27.8 Å². The largest absolute Gasteiger partial charge is 0.339 e. The third-order valence-electron chi connectivity index (χ3n) is 5.69. The van der Waals surface area contributed by atoms with Gasteiger partial charge in [0.2, 0.25) is 11.9 Å². The SMILES string of the molecule is O=C(CNC(=O)Nc1ccccc1)Nc1ccc2cc1CCc1cccc(c1)Nc1ncc(Cl)c(n1)N2. The Labute approximate surface area is 218 Å². The molecule has 5 N–H and O–H groups in total. The fourth-order valence-corrected chi connectivity index (χ4v) is 4.05. The van der Waals surface area contributed by atoms with Crippen molar-refractivity contribution < 1.29 is 9.59 Å². The van der Waals surface area contributed by atoms with Gasteiger partial charge in [0.25, 0.3) is 0 Å². The van der Waals surface area contributed by atoms with Gasteiger partial charge in [-0.15, -0.1) is 0 Å². The highest BCUT2D eigenvalue weighted by Gasteiger charge is 2.13. The monoisotopic (exact) mass is 513 g/mol. The molecule has 6 bridgehead atoms. The van der Waals surface area contributed by atoms with Gasteiger partial charge in [-0.1, -0.05) is 41.9 Å². The molecule has 1 aromatic heterocycles. The maximum Gasteiger partial charge on any atom is 0.319 e. The van der Waals surface area contributed by atoms with Crippen LogP contribution in [-0.4, -0.2) is 28.5 Å². The molecule has 3 aromatic carbocycles. The third kappa shape index (κ3) is 6.33. The molecule has 10 heteroatoms. The molecule has 4 aromatic rings. The Hall–Kier alpha value is -4.63. The van der Waals surface area contributed by atoms with Gasteiger partial charge in [-0.3, -0.25) is 4.79 Å². The molecule has 0 spiro atoms. The first-order valence-electron chi connectivity index (χ1n) is 11.7. The summed E-state index contributed by atoms with van der Waals surface area (Å²) in [5.41, 5.74) is 4.99. The molecule has 37 heavy (non-hydrogen) atoms. The Bertz CT molecular complexity index is 1450. The van der Waals surface area contributed by atoms with Gasteiger partial charge in [-0.25, -0.2) is 9.78 Å². The van der Waals surface area contributed by atoms with Crippen LogP contribution < -0.4 is 26.6 Å². The highest BCUT2D eigenvalue weighted by atomic mass is 35.5. The van der Waals surface area contributed by atoms with Gasteiger partial charge >= 0.3 is 6.03 Å². The van der Waals surface area contributed by atoms with E-state index in [0.717, 1.165) is 28.9 Å². The van der Waals surface area contributed by atoms with Crippen molar-refractivity contribution in [1.29, 1.82) is 0 Å². The molecule has 1 aliphatic rings. The summed E-state index contributed by atoms with van der Waals surface area (Å²) in [6, 6.07) is 22.2. The number of benzene rings is 3. The number of hydrogen-bond donors (Lipinski definition) is 5. The Balaban J connectivity index is 1.33. The molecular weight excluding hydrogens is 490 g/mol. The Morgan fingerprint density at radius 1 is 0.892 bits per heavy atom. The number of rotatable bonds is 4. The van der Waals surface area contributed by atoms with Crippen LogP contribution in [-0.2, 0) is 17.6 Å². The van der Waals surface area contributed by atoms with Crippen molar-refractivity contribution in [2.45, 2.75) is 12.8 Å². The lowest BCUT2D eigenvalue weighted by atomic mass is 10.0. The minimum Gasteiger partial charge on any atom is -0.339 e. The van der Waals surface area contributed by atoms with Gasteiger partial charge in [0.1, 0.15) is 5.02 Å². The average molecular weight is 514 g/mol. The number of urea groups is 1. The van der Waals surface area contributed by atoms with E-state index in [2.05, 4.69) is 42.6 Å². The summed E-state index contributed by atoms with van der Waals surface area (Å²) < 4.78 is 0. The second-order valence-corrected chi connectivity index (χ2v) is 8.84. The minimum atomic E-state index is -0.457. The van der Waals surface area contributed by atoms with Gasteiger partial charge in [-0.05, 0) is 66.4 Å². The van der Waals surface area contributed by atoms with Gasteiger partial charge in [-0.2, -0.15) is 4.98 Å². The molecule has 0 saturated heterocycles. The number of halogens is 1. The molecule has 2 heterocycles. The molecular formula is C27H24ClN7O2. The Kier molecular flexibility index (Phi) is 7.14. The highest BCUT2D eigenvalue weighted by Crippen LogP contribution is 2.29. The van der Waals surface area contributed by atoms with E-state index in [4.69, 9.17) is 11.6 Å². The lowest BCUT2D eigenvalue weighted by Gasteiger charge is -2.15. The third-order valence-corrected chi connectivity index (χ3v) is 5.97. The zero-order valence-electron chi connectivity index (χ0n) is 19.7. The fraction of sp³-hybridized carbons (Fsp3) is 0.111. The van der Waals surface area contributed by atoms with E-state index in [0.29, 0.717) is 34.6 Å². The van der Waals surface area contributed by atoms with Crippen LogP contribution in [0.3, 0.4) is 0 Å². The molecule has 0 aliphatic carbocycles. The predicted octanol–water partition coefficient (Wildman–Crippen LogP) is 5.48. The van der Waals surface area contributed by atoms with Crippen molar-refractivity contribution >= 4 is 58.1 Å². The lowest BCUT2D eigenvalue weighted by molar-refractivity contribution is -0.115. The van der Waals surface area contributed by atoms with Gasteiger partial charge in [0, 0.05) is 22.7 Å². The van der Waals surface area contributed by atoms with E-state index in [1.165, 1.54) is 0 Å². The molecule has 0 atom stereocenters. The van der Waals surface area contributed by atoms with E-state index in [1.807, 2.05) is 54.6 Å². The first kappa shape index (κ1) is 24.1. The van der Waals surface area contributed by atoms with E-state index in [9.17, 15) is 9.59 Å². The second kappa shape index (κ2) is 11.0. The number of carbonyl (C=O) groups is 2. The maximum atomic E-state index is 12.7. The van der Waals surface area contributed by atoms with Crippen LogP contribution in [0.5, 0.6) is 0 Å². The van der Waals surface area contributed by atoms with Crippen molar-refractivity contribution in [1.82, 2.24) is 15.3 Å². The number of amides is 3. The average Bonchev–Trinajstić information content (AvgIpc) is 2.90. The smallest absolute Gasteiger partial charge is 0.319 e. The van der Waals surface area contributed by atoms with Crippen molar-refractivity contribution in [3.8, 4) is 0 Å². The van der Waals surface area contributed by atoms with E-state index >= 15 is 0 Å². The first-order valence-corrected chi connectivity index (χ1v) is 12.1. The van der Waals surface area contributed by atoms with Crippen LogP contribution in [0.25, 0.3) is 0 Å². The van der Waals surface area contributed by atoms with Gasteiger partial charge < -0.3 is 26.6 Å². The zero-order valence-corrected chi connectivity index (χ0v) is 20.5. The first-order chi connectivity index (χ1) is 18.0. The summed E-state index contributed by atoms with van der Waals surface area (Å²) in [6.07, 6.45) is 2.96. The number of fused-ring (bicyclic) bond motifs is 6. The number of hydrogen-bond acceptors (Lipinski definition) is 6. The van der Waals surface area contributed by atoms with Crippen LogP contribution in [0.1, 0.15) is 11.1 Å². The number of para-hydroxylation sites is 1. The second-order valence-electron chi connectivity index (χ2n) is 8.43. The number of aryl methyl sites for hydroxylation is 2.